The van der Waals surface area contributed by atoms with Gasteiger partial charge in [0.2, 0.25) is 0 Å². The molecule has 178 valence electrons. The van der Waals surface area contributed by atoms with Crippen LogP contribution < -0.4 is 0 Å². The molecule has 0 radical (unpaired) electrons. The Bertz CT molecular complexity index is 401. The Labute approximate surface area is 184 Å². The zero-order chi connectivity index (χ0) is 21.9. The van der Waals surface area contributed by atoms with E-state index < -0.39 is 24.4 Å². The molecule has 0 unspecified atom stereocenters. The first-order valence-electron chi connectivity index (χ1n) is 12.6. The monoisotopic (exact) mass is 428 g/mol. The molecule has 0 spiro atoms. The van der Waals surface area contributed by atoms with Gasteiger partial charge in [-0.15, -0.1) is 0 Å². The van der Waals surface area contributed by atoms with E-state index in [2.05, 4.69) is 19.1 Å². The predicted octanol–water partition coefficient (Wildman–Crippen LogP) is 4.91. The normalized spacial score (nSPS) is 22.9. The fourth-order valence-electron chi connectivity index (χ4n) is 4.00. The molecule has 5 nitrogen and oxygen atoms in total. The third-order valence-corrected chi connectivity index (χ3v) is 5.95. The van der Waals surface area contributed by atoms with Crippen molar-refractivity contribution in [2.24, 2.45) is 0 Å². The summed E-state index contributed by atoms with van der Waals surface area (Å²) in [6.07, 6.45) is 21.0. The molecule has 4 atom stereocenters. The molecule has 5 heteroatoms. The van der Waals surface area contributed by atoms with E-state index in [4.69, 9.17) is 14.6 Å². The zero-order valence-corrected chi connectivity index (χ0v) is 19.4. The molecule has 0 aliphatic carbocycles. The number of aliphatic hydroxyl groups is 3. The molecule has 30 heavy (non-hydrogen) atoms. The van der Waals surface area contributed by atoms with Gasteiger partial charge < -0.3 is 24.8 Å². The van der Waals surface area contributed by atoms with Crippen LogP contribution in [0.15, 0.2) is 12.2 Å². The molecule has 0 aromatic rings. The second-order valence-electron chi connectivity index (χ2n) is 8.74. The molecule has 1 saturated heterocycles. The van der Waals surface area contributed by atoms with Crippen molar-refractivity contribution in [2.45, 2.75) is 128 Å². The Morgan fingerprint density at radius 3 is 1.97 bits per heavy atom. The summed E-state index contributed by atoms with van der Waals surface area (Å²) in [4.78, 5) is 0. The molecule has 1 fully saturated rings. The molecule has 0 aromatic heterocycles. The maximum atomic E-state index is 9.90. The number of allylic oxidation sites excluding steroid dienone is 2. The second kappa shape index (κ2) is 19.2. The van der Waals surface area contributed by atoms with Crippen molar-refractivity contribution in [1.82, 2.24) is 0 Å². The van der Waals surface area contributed by atoms with Gasteiger partial charge in [0, 0.05) is 6.61 Å². The molecule has 0 bridgehead atoms. The molecule has 1 aliphatic rings. The van der Waals surface area contributed by atoms with Crippen LogP contribution in [0.5, 0.6) is 0 Å². The topological polar surface area (TPSA) is 79.2 Å². The Hall–Kier alpha value is -0.460. The average molecular weight is 429 g/mol. The lowest BCUT2D eigenvalue weighted by atomic mass is 10.1. The van der Waals surface area contributed by atoms with Gasteiger partial charge in [0.15, 0.2) is 0 Å². The third-order valence-electron chi connectivity index (χ3n) is 5.95. The fourth-order valence-corrected chi connectivity index (χ4v) is 4.00. The highest BCUT2D eigenvalue weighted by atomic mass is 16.6. The minimum absolute atomic E-state index is 0.151. The summed E-state index contributed by atoms with van der Waals surface area (Å²) in [5.41, 5.74) is 0. The molecule has 3 N–H and O–H groups in total. The van der Waals surface area contributed by atoms with Crippen molar-refractivity contribution in [2.75, 3.05) is 19.8 Å². The third kappa shape index (κ3) is 13.1. The van der Waals surface area contributed by atoms with Crippen LogP contribution in [0.25, 0.3) is 0 Å². The van der Waals surface area contributed by atoms with E-state index in [0.29, 0.717) is 6.61 Å². The van der Waals surface area contributed by atoms with Crippen LogP contribution in [0.1, 0.15) is 103 Å². The van der Waals surface area contributed by atoms with Crippen molar-refractivity contribution >= 4 is 0 Å². The zero-order valence-electron chi connectivity index (χ0n) is 19.4. The first-order chi connectivity index (χ1) is 14.7. The van der Waals surface area contributed by atoms with Crippen molar-refractivity contribution in [3.63, 3.8) is 0 Å². The van der Waals surface area contributed by atoms with Crippen LogP contribution in [0, 0.1) is 0 Å². The van der Waals surface area contributed by atoms with Crippen LogP contribution in [-0.2, 0) is 9.47 Å². The summed E-state index contributed by atoms with van der Waals surface area (Å²) in [6, 6.07) is 0. The summed E-state index contributed by atoms with van der Waals surface area (Å²) in [7, 11) is 0. The van der Waals surface area contributed by atoms with Crippen molar-refractivity contribution in [1.29, 1.82) is 0 Å². The summed E-state index contributed by atoms with van der Waals surface area (Å²) < 4.78 is 11.0. The molecule has 0 aromatic carbocycles. The van der Waals surface area contributed by atoms with Gasteiger partial charge in [0.05, 0.1) is 13.2 Å². The summed E-state index contributed by atoms with van der Waals surface area (Å²) in [6.45, 7) is 2.59. The largest absolute Gasteiger partial charge is 0.394 e. The average Bonchev–Trinajstić information content (AvgIpc) is 3.12. The van der Waals surface area contributed by atoms with Crippen molar-refractivity contribution in [3.8, 4) is 0 Å². The highest BCUT2D eigenvalue weighted by molar-refractivity contribution is 4.89. The minimum Gasteiger partial charge on any atom is -0.394 e. The maximum absolute atomic E-state index is 9.90. The van der Waals surface area contributed by atoms with Crippen LogP contribution in [-0.4, -0.2) is 59.6 Å². The number of aliphatic hydroxyl groups excluding tert-OH is 3. The quantitative estimate of drug-likeness (QED) is 0.190. The number of unbranched alkanes of at least 4 members (excludes halogenated alkanes) is 13. The van der Waals surface area contributed by atoms with E-state index >= 15 is 0 Å². The predicted molar refractivity (Wildman–Crippen MR) is 123 cm³/mol. The molecule has 0 saturated carbocycles. The maximum Gasteiger partial charge on any atom is 0.114 e. The standard InChI is InChI=1S/C25H48O5/c1-2-3-4-5-6-7-8-9-10-11-12-13-14-15-16-17-18-19-29-25-23(28)21-30-24(25)22(27)20-26/h12-13,22-28H,2-11,14-21H2,1H3/b13-12+/t22-,23+,24-,25-/m1/s1. The van der Waals surface area contributed by atoms with E-state index in [-0.39, 0.29) is 13.2 Å². The van der Waals surface area contributed by atoms with Crippen LogP contribution in [0.3, 0.4) is 0 Å². The Morgan fingerprint density at radius 1 is 0.867 bits per heavy atom. The lowest BCUT2D eigenvalue weighted by molar-refractivity contribution is -0.0938. The smallest absolute Gasteiger partial charge is 0.114 e. The molecule has 1 rings (SSSR count). The van der Waals surface area contributed by atoms with E-state index in [0.717, 1.165) is 19.3 Å². The minimum atomic E-state index is -1.01. The van der Waals surface area contributed by atoms with E-state index in [1.165, 1.54) is 77.0 Å². The van der Waals surface area contributed by atoms with Gasteiger partial charge >= 0.3 is 0 Å². The van der Waals surface area contributed by atoms with E-state index in [1.54, 1.807) is 0 Å². The molecular weight excluding hydrogens is 380 g/mol. The Kier molecular flexibility index (Phi) is 17.7. The van der Waals surface area contributed by atoms with Crippen LogP contribution in [0.4, 0.5) is 0 Å². The van der Waals surface area contributed by atoms with Gasteiger partial charge in [0.1, 0.15) is 24.4 Å². The summed E-state index contributed by atoms with van der Waals surface area (Å²) in [5, 5.41) is 28.7. The van der Waals surface area contributed by atoms with Gasteiger partial charge in [-0.05, 0) is 32.1 Å². The highest BCUT2D eigenvalue weighted by Gasteiger charge is 2.40. The van der Waals surface area contributed by atoms with Gasteiger partial charge in [-0.3, -0.25) is 0 Å². The Balaban J connectivity index is 1.86. The molecular formula is C25H48O5. The van der Waals surface area contributed by atoms with Crippen LogP contribution in [0.2, 0.25) is 0 Å². The molecule has 0 amide bonds. The van der Waals surface area contributed by atoms with E-state index in [9.17, 15) is 10.2 Å². The van der Waals surface area contributed by atoms with Crippen LogP contribution >= 0.6 is 0 Å². The van der Waals surface area contributed by atoms with Gasteiger partial charge in [-0.25, -0.2) is 0 Å². The lowest BCUT2D eigenvalue weighted by Crippen LogP contribution is -2.42. The lowest BCUT2D eigenvalue weighted by Gasteiger charge is -2.23. The van der Waals surface area contributed by atoms with Gasteiger partial charge in [0.25, 0.3) is 0 Å². The van der Waals surface area contributed by atoms with Crippen molar-refractivity contribution in [3.05, 3.63) is 12.2 Å². The first-order valence-corrected chi connectivity index (χ1v) is 12.6. The van der Waals surface area contributed by atoms with Gasteiger partial charge in [-0.1, -0.05) is 83.3 Å². The van der Waals surface area contributed by atoms with Crippen molar-refractivity contribution < 1.29 is 24.8 Å². The number of rotatable bonds is 20. The molecule has 1 heterocycles. The Morgan fingerprint density at radius 2 is 1.40 bits per heavy atom. The van der Waals surface area contributed by atoms with E-state index in [1.807, 2.05) is 0 Å². The summed E-state index contributed by atoms with van der Waals surface area (Å²) in [5.74, 6) is 0. The number of ether oxygens (including phenoxy) is 2. The van der Waals surface area contributed by atoms with Gasteiger partial charge in [-0.2, -0.15) is 0 Å². The highest BCUT2D eigenvalue weighted by Crippen LogP contribution is 2.21. The summed E-state index contributed by atoms with van der Waals surface area (Å²) >= 11 is 0. The fraction of sp³-hybridized carbons (Fsp3) is 0.920. The number of hydrogen-bond acceptors (Lipinski definition) is 5. The SMILES string of the molecule is CCCCCCCCCCC/C=C/CCCCCCO[C@H]1[C@@H]([C@H](O)CO)OC[C@@H]1O. The second-order valence-corrected chi connectivity index (χ2v) is 8.74. The number of hydrogen-bond donors (Lipinski definition) is 3. The first kappa shape index (κ1) is 27.6. The molecule has 1 aliphatic heterocycles.